The first kappa shape index (κ1) is 27.9. The average molecular weight is 421 g/mol. The molecule has 0 aliphatic carbocycles. The Morgan fingerprint density at radius 1 is 0.571 bits per heavy atom. The molecule has 0 aliphatic rings. The lowest BCUT2D eigenvalue weighted by atomic mass is 10.0. The Kier molecular flexibility index (Phi) is 18.8. The minimum atomic E-state index is -3.86. The maximum Gasteiger partial charge on any atom is 0.267 e. The van der Waals surface area contributed by atoms with Gasteiger partial charge < -0.3 is 5.11 Å². The molecule has 0 saturated carbocycles. The summed E-state index contributed by atoms with van der Waals surface area (Å²) in [4.78, 5) is 0. The molecule has 28 heavy (non-hydrogen) atoms. The molecule has 0 fully saturated rings. The minimum Gasteiger partial charge on any atom is -0.393 e. The third-order valence-electron chi connectivity index (χ3n) is 5.74. The fraction of sp³-hybridized carbons (Fsp3) is 1.00. The maximum atomic E-state index is 11.3. The van der Waals surface area contributed by atoms with Crippen LogP contribution in [-0.4, -0.2) is 29.4 Å². The van der Waals surface area contributed by atoms with Crippen LogP contribution < -0.4 is 0 Å². The Labute approximate surface area is 175 Å². The summed E-state index contributed by atoms with van der Waals surface area (Å²) >= 11 is 0. The molecule has 170 valence electrons. The summed E-state index contributed by atoms with van der Waals surface area (Å²) in [6.07, 6.45) is 20.8. The molecule has 2 unspecified atom stereocenters. The van der Waals surface area contributed by atoms with Crippen LogP contribution in [0.25, 0.3) is 0 Å². The van der Waals surface area contributed by atoms with E-state index in [0.29, 0.717) is 12.8 Å². The molecular formula is C23H48O4S. The summed E-state index contributed by atoms with van der Waals surface area (Å²) in [5, 5.41) is 9.25. The first-order valence-electron chi connectivity index (χ1n) is 12.1. The van der Waals surface area contributed by atoms with Gasteiger partial charge in [-0.3, -0.25) is 4.55 Å². The van der Waals surface area contributed by atoms with Gasteiger partial charge in [0.25, 0.3) is 10.1 Å². The van der Waals surface area contributed by atoms with Gasteiger partial charge in [0.1, 0.15) is 0 Å². The van der Waals surface area contributed by atoms with Crippen LogP contribution in [0.3, 0.4) is 0 Å². The van der Waals surface area contributed by atoms with E-state index in [1.807, 2.05) is 6.92 Å². The van der Waals surface area contributed by atoms with Crippen LogP contribution >= 0.6 is 0 Å². The maximum absolute atomic E-state index is 11.3. The highest BCUT2D eigenvalue weighted by atomic mass is 32.2. The predicted octanol–water partition coefficient (Wildman–Crippen LogP) is 7.06. The molecule has 0 aromatic rings. The molecule has 0 saturated heterocycles. The fourth-order valence-electron chi connectivity index (χ4n) is 3.87. The Bertz CT molecular complexity index is 422. The van der Waals surface area contributed by atoms with Crippen molar-refractivity contribution >= 4 is 10.1 Å². The van der Waals surface area contributed by atoms with Crippen molar-refractivity contribution in [3.05, 3.63) is 0 Å². The Balaban J connectivity index is 3.34. The molecule has 2 atom stereocenters. The van der Waals surface area contributed by atoms with E-state index < -0.39 is 15.4 Å². The third-order valence-corrected chi connectivity index (χ3v) is 7.05. The van der Waals surface area contributed by atoms with E-state index in [9.17, 15) is 18.1 Å². The molecule has 0 aromatic carbocycles. The molecule has 2 N–H and O–H groups in total. The second-order valence-electron chi connectivity index (χ2n) is 8.54. The molecule has 0 spiro atoms. The number of rotatable bonds is 21. The smallest absolute Gasteiger partial charge is 0.267 e. The number of aliphatic hydroxyl groups excluding tert-OH is 1. The van der Waals surface area contributed by atoms with Crippen molar-refractivity contribution in [2.24, 2.45) is 0 Å². The molecule has 0 rings (SSSR count). The van der Waals surface area contributed by atoms with E-state index in [4.69, 9.17) is 0 Å². The summed E-state index contributed by atoms with van der Waals surface area (Å²) in [7, 11) is -3.86. The van der Waals surface area contributed by atoms with Crippen molar-refractivity contribution in [3.63, 3.8) is 0 Å². The lowest BCUT2D eigenvalue weighted by Crippen LogP contribution is -2.20. The summed E-state index contributed by atoms with van der Waals surface area (Å²) in [6, 6.07) is 0. The molecule has 0 heterocycles. The molecule has 0 aromatic heterocycles. The largest absolute Gasteiger partial charge is 0.393 e. The zero-order valence-corrected chi connectivity index (χ0v) is 19.5. The van der Waals surface area contributed by atoms with Crippen LogP contribution in [-0.2, 0) is 10.1 Å². The molecule has 0 bridgehead atoms. The predicted molar refractivity (Wildman–Crippen MR) is 120 cm³/mol. The zero-order chi connectivity index (χ0) is 21.1. The van der Waals surface area contributed by atoms with Gasteiger partial charge in [-0.2, -0.15) is 8.42 Å². The molecular weight excluding hydrogens is 372 g/mol. The fourth-order valence-corrected chi connectivity index (χ4v) is 4.87. The quantitative estimate of drug-likeness (QED) is 0.154. The topological polar surface area (TPSA) is 74.6 Å². The van der Waals surface area contributed by atoms with E-state index in [1.54, 1.807) is 0 Å². The van der Waals surface area contributed by atoms with Crippen LogP contribution in [0.5, 0.6) is 0 Å². The van der Waals surface area contributed by atoms with Crippen molar-refractivity contribution < 1.29 is 18.1 Å². The van der Waals surface area contributed by atoms with Crippen molar-refractivity contribution in [1.82, 2.24) is 0 Å². The van der Waals surface area contributed by atoms with E-state index in [-0.39, 0.29) is 6.10 Å². The van der Waals surface area contributed by atoms with Crippen LogP contribution in [0.2, 0.25) is 0 Å². The van der Waals surface area contributed by atoms with Gasteiger partial charge in [0.2, 0.25) is 0 Å². The number of unbranched alkanes of at least 4 members (excludes halogenated alkanes) is 12. The summed E-state index contributed by atoms with van der Waals surface area (Å²) < 4.78 is 31.8. The van der Waals surface area contributed by atoms with Crippen molar-refractivity contribution in [2.45, 2.75) is 147 Å². The SMILES string of the molecule is CCCCC(O)CCCCCCCCCCCCCCC(CCC)S(=O)(=O)O. The number of aliphatic hydroxyl groups is 1. The van der Waals surface area contributed by atoms with Crippen molar-refractivity contribution in [2.75, 3.05) is 0 Å². The monoisotopic (exact) mass is 420 g/mol. The van der Waals surface area contributed by atoms with Crippen LogP contribution in [0, 0.1) is 0 Å². The zero-order valence-electron chi connectivity index (χ0n) is 18.7. The van der Waals surface area contributed by atoms with Gasteiger partial charge in [0.15, 0.2) is 0 Å². The summed E-state index contributed by atoms with van der Waals surface area (Å²) in [5.74, 6) is 0. The van der Waals surface area contributed by atoms with Crippen LogP contribution in [0.15, 0.2) is 0 Å². The second-order valence-corrected chi connectivity index (χ2v) is 10.2. The standard InChI is InChI=1S/C23H48O4S/c1-3-5-19-22(24)20-16-14-12-10-8-6-7-9-11-13-15-17-21-23(18-4-2)28(25,26)27/h22-24H,3-21H2,1-2H3,(H,25,26,27). The van der Waals surface area contributed by atoms with Gasteiger partial charge in [-0.15, -0.1) is 0 Å². The van der Waals surface area contributed by atoms with Crippen molar-refractivity contribution in [3.8, 4) is 0 Å². The lowest BCUT2D eigenvalue weighted by molar-refractivity contribution is 0.148. The van der Waals surface area contributed by atoms with Gasteiger partial charge >= 0.3 is 0 Å². The van der Waals surface area contributed by atoms with Gasteiger partial charge in [-0.1, -0.05) is 110 Å². The van der Waals surface area contributed by atoms with Gasteiger partial charge in [-0.05, 0) is 25.7 Å². The average Bonchev–Trinajstić information content (AvgIpc) is 2.64. The Morgan fingerprint density at radius 2 is 0.964 bits per heavy atom. The highest BCUT2D eigenvalue weighted by Crippen LogP contribution is 2.18. The Morgan fingerprint density at radius 3 is 1.36 bits per heavy atom. The van der Waals surface area contributed by atoms with Crippen LogP contribution in [0.4, 0.5) is 0 Å². The van der Waals surface area contributed by atoms with Crippen molar-refractivity contribution in [1.29, 1.82) is 0 Å². The normalized spacial score (nSPS) is 14.3. The van der Waals surface area contributed by atoms with E-state index in [0.717, 1.165) is 38.5 Å². The number of hydrogen-bond donors (Lipinski definition) is 2. The highest BCUT2D eigenvalue weighted by Gasteiger charge is 2.20. The number of hydrogen-bond acceptors (Lipinski definition) is 3. The van der Waals surface area contributed by atoms with Gasteiger partial charge in [0, 0.05) is 0 Å². The molecule has 4 nitrogen and oxygen atoms in total. The summed E-state index contributed by atoms with van der Waals surface area (Å²) in [6.45, 7) is 4.13. The Hall–Kier alpha value is -0.130. The van der Waals surface area contributed by atoms with Gasteiger partial charge in [0.05, 0.1) is 11.4 Å². The minimum absolute atomic E-state index is 0.0782. The first-order chi connectivity index (χ1) is 13.4. The second kappa shape index (κ2) is 18.9. The highest BCUT2D eigenvalue weighted by molar-refractivity contribution is 7.86. The molecule has 0 aliphatic heterocycles. The first-order valence-corrected chi connectivity index (χ1v) is 13.6. The lowest BCUT2D eigenvalue weighted by Gasteiger charge is -2.12. The van der Waals surface area contributed by atoms with E-state index in [1.165, 1.54) is 70.6 Å². The van der Waals surface area contributed by atoms with Crippen LogP contribution in [0.1, 0.15) is 136 Å². The van der Waals surface area contributed by atoms with E-state index >= 15 is 0 Å². The molecule has 0 amide bonds. The van der Waals surface area contributed by atoms with E-state index in [2.05, 4.69) is 6.92 Å². The van der Waals surface area contributed by atoms with Gasteiger partial charge in [-0.25, -0.2) is 0 Å². The third kappa shape index (κ3) is 17.9. The summed E-state index contributed by atoms with van der Waals surface area (Å²) in [5.41, 5.74) is 0. The molecule has 0 radical (unpaired) electrons. The molecule has 5 heteroatoms.